The Morgan fingerprint density at radius 2 is 1.76 bits per heavy atom. The van der Waals surface area contributed by atoms with Gasteiger partial charge in [0.1, 0.15) is 17.3 Å². The molecule has 1 aliphatic carbocycles. The molecule has 3 aromatic rings. The van der Waals surface area contributed by atoms with Crippen molar-refractivity contribution in [3.8, 4) is 11.4 Å². The number of carbonyl (C=O) groups excluding carboxylic acids is 1. The van der Waals surface area contributed by atoms with Crippen LogP contribution in [0.2, 0.25) is 0 Å². The van der Waals surface area contributed by atoms with Gasteiger partial charge in [-0.15, -0.1) is 0 Å². The van der Waals surface area contributed by atoms with Gasteiger partial charge in [-0.1, -0.05) is 12.8 Å². The maximum Gasteiger partial charge on any atom is 0.228 e. The molecule has 1 amide bonds. The Bertz CT molecular complexity index is 1150. The quantitative estimate of drug-likeness (QED) is 0.560. The monoisotopic (exact) mass is 459 g/mol. The first-order chi connectivity index (χ1) is 16.5. The SMILES string of the molecule is CC(C)N1CCC(Nc2cncc(-c3ccc4cnc(NC(=O)C5CCCC5)cc4n3)n2)CC1. The Balaban J connectivity index is 1.30. The van der Waals surface area contributed by atoms with Crippen molar-refractivity contribution in [2.45, 2.75) is 64.5 Å². The zero-order chi connectivity index (χ0) is 23.5. The Morgan fingerprint density at radius 1 is 0.971 bits per heavy atom. The summed E-state index contributed by atoms with van der Waals surface area (Å²) < 4.78 is 0. The van der Waals surface area contributed by atoms with Crippen molar-refractivity contribution in [1.29, 1.82) is 0 Å². The molecule has 3 aromatic heterocycles. The number of nitrogens with one attached hydrogen (secondary N) is 2. The number of nitrogens with zero attached hydrogens (tertiary/aromatic N) is 5. The normalized spacial score (nSPS) is 18.0. The minimum atomic E-state index is 0.0596. The number of rotatable bonds is 6. The number of aromatic nitrogens is 4. The number of hydrogen-bond donors (Lipinski definition) is 2. The van der Waals surface area contributed by atoms with Crippen LogP contribution in [0.5, 0.6) is 0 Å². The van der Waals surface area contributed by atoms with Crippen LogP contribution < -0.4 is 10.6 Å². The number of pyridine rings is 2. The molecule has 0 unspecified atom stereocenters. The van der Waals surface area contributed by atoms with Crippen LogP contribution in [0, 0.1) is 5.92 Å². The predicted molar refractivity (Wildman–Crippen MR) is 135 cm³/mol. The number of piperidine rings is 1. The lowest BCUT2D eigenvalue weighted by Gasteiger charge is -2.35. The highest BCUT2D eigenvalue weighted by atomic mass is 16.1. The minimum Gasteiger partial charge on any atom is -0.366 e. The van der Waals surface area contributed by atoms with Gasteiger partial charge in [-0.25, -0.2) is 15.0 Å². The molecule has 4 heterocycles. The van der Waals surface area contributed by atoms with Gasteiger partial charge in [0.05, 0.1) is 23.6 Å². The number of hydrogen-bond acceptors (Lipinski definition) is 7. The fourth-order valence-electron chi connectivity index (χ4n) is 4.97. The summed E-state index contributed by atoms with van der Waals surface area (Å²) in [7, 11) is 0. The van der Waals surface area contributed by atoms with E-state index in [0.29, 0.717) is 17.9 Å². The molecule has 1 saturated heterocycles. The van der Waals surface area contributed by atoms with E-state index in [1.807, 2.05) is 18.2 Å². The van der Waals surface area contributed by atoms with Crippen LogP contribution in [0.15, 0.2) is 36.8 Å². The van der Waals surface area contributed by atoms with E-state index in [9.17, 15) is 4.79 Å². The summed E-state index contributed by atoms with van der Waals surface area (Å²) in [5, 5.41) is 7.45. The number of fused-ring (bicyclic) bond motifs is 1. The smallest absolute Gasteiger partial charge is 0.228 e. The summed E-state index contributed by atoms with van der Waals surface area (Å²) in [6.45, 7) is 6.70. The van der Waals surface area contributed by atoms with E-state index in [4.69, 9.17) is 9.97 Å². The van der Waals surface area contributed by atoms with Crippen molar-refractivity contribution in [1.82, 2.24) is 24.8 Å². The summed E-state index contributed by atoms with van der Waals surface area (Å²) in [6, 6.07) is 6.76. The van der Waals surface area contributed by atoms with Crippen LogP contribution in [0.4, 0.5) is 11.6 Å². The minimum absolute atomic E-state index is 0.0596. The fraction of sp³-hybridized carbons (Fsp3) is 0.500. The van der Waals surface area contributed by atoms with Gasteiger partial charge in [0.15, 0.2) is 0 Å². The van der Waals surface area contributed by atoms with Crippen molar-refractivity contribution in [3.05, 3.63) is 36.8 Å². The van der Waals surface area contributed by atoms with E-state index in [0.717, 1.165) is 79.7 Å². The number of anilines is 2. The summed E-state index contributed by atoms with van der Waals surface area (Å²) in [5.74, 6) is 1.48. The van der Waals surface area contributed by atoms with Crippen LogP contribution in [-0.2, 0) is 4.79 Å². The van der Waals surface area contributed by atoms with Gasteiger partial charge in [-0.3, -0.25) is 9.78 Å². The molecule has 0 radical (unpaired) electrons. The first-order valence-corrected chi connectivity index (χ1v) is 12.5. The maximum atomic E-state index is 12.5. The molecule has 0 atom stereocenters. The first kappa shape index (κ1) is 22.7. The second-order valence-corrected chi connectivity index (χ2v) is 9.77. The average Bonchev–Trinajstić information content (AvgIpc) is 3.39. The third-order valence-corrected chi connectivity index (χ3v) is 7.06. The zero-order valence-corrected chi connectivity index (χ0v) is 20.0. The van der Waals surface area contributed by atoms with E-state index in [2.05, 4.69) is 39.3 Å². The molecule has 1 saturated carbocycles. The van der Waals surface area contributed by atoms with Crippen molar-refractivity contribution in [3.63, 3.8) is 0 Å². The summed E-state index contributed by atoms with van der Waals surface area (Å²) >= 11 is 0. The topological polar surface area (TPSA) is 95.9 Å². The van der Waals surface area contributed by atoms with Gasteiger partial charge < -0.3 is 15.5 Å². The molecule has 2 fully saturated rings. The Kier molecular flexibility index (Phi) is 6.67. The molecule has 178 valence electrons. The van der Waals surface area contributed by atoms with E-state index >= 15 is 0 Å². The highest BCUT2D eigenvalue weighted by Gasteiger charge is 2.23. The molecule has 2 aliphatic rings. The molecule has 2 N–H and O–H groups in total. The molecule has 8 nitrogen and oxygen atoms in total. The lowest BCUT2D eigenvalue weighted by atomic mass is 10.0. The van der Waals surface area contributed by atoms with Crippen molar-refractivity contribution in [2.75, 3.05) is 23.7 Å². The summed E-state index contributed by atoms with van der Waals surface area (Å²) in [6.07, 6.45) is 11.6. The van der Waals surface area contributed by atoms with E-state index in [1.165, 1.54) is 0 Å². The van der Waals surface area contributed by atoms with Crippen molar-refractivity contribution >= 4 is 28.4 Å². The number of carbonyl (C=O) groups is 1. The van der Waals surface area contributed by atoms with Gasteiger partial charge in [0, 0.05) is 48.7 Å². The van der Waals surface area contributed by atoms with Gasteiger partial charge in [-0.05, 0) is 51.7 Å². The van der Waals surface area contributed by atoms with Crippen LogP contribution >= 0.6 is 0 Å². The van der Waals surface area contributed by atoms with E-state index < -0.39 is 0 Å². The molecule has 34 heavy (non-hydrogen) atoms. The maximum absolute atomic E-state index is 12.5. The van der Waals surface area contributed by atoms with E-state index in [1.54, 1.807) is 18.6 Å². The Hall–Kier alpha value is -3.13. The third kappa shape index (κ3) is 5.17. The number of likely N-dealkylation sites (tertiary alicyclic amines) is 1. The van der Waals surface area contributed by atoms with Crippen LogP contribution in [0.3, 0.4) is 0 Å². The Morgan fingerprint density at radius 3 is 2.53 bits per heavy atom. The average molecular weight is 460 g/mol. The zero-order valence-electron chi connectivity index (χ0n) is 20.0. The van der Waals surface area contributed by atoms with Gasteiger partial charge in [0.25, 0.3) is 0 Å². The second kappa shape index (κ2) is 10.0. The molecule has 8 heteroatoms. The van der Waals surface area contributed by atoms with Crippen molar-refractivity contribution < 1.29 is 4.79 Å². The Labute approximate surface area is 200 Å². The van der Waals surface area contributed by atoms with Crippen LogP contribution in [0.25, 0.3) is 22.3 Å². The number of amides is 1. The lowest BCUT2D eigenvalue weighted by molar-refractivity contribution is -0.119. The van der Waals surface area contributed by atoms with Gasteiger partial charge >= 0.3 is 0 Å². The van der Waals surface area contributed by atoms with Crippen molar-refractivity contribution in [2.24, 2.45) is 5.92 Å². The molecular formula is C26H33N7O. The molecule has 0 spiro atoms. The largest absolute Gasteiger partial charge is 0.366 e. The van der Waals surface area contributed by atoms with Crippen LogP contribution in [0.1, 0.15) is 52.4 Å². The highest BCUT2D eigenvalue weighted by molar-refractivity contribution is 5.93. The summed E-state index contributed by atoms with van der Waals surface area (Å²) in [4.78, 5) is 33.4. The summed E-state index contributed by atoms with van der Waals surface area (Å²) in [5.41, 5.74) is 2.24. The standard InChI is InChI=1S/C26H33N7O/c1-17(2)33-11-9-20(10-12-33)29-25-16-27-15-23(31-25)21-8-7-19-14-28-24(13-22(19)30-21)32-26(34)18-5-3-4-6-18/h7-8,13-18,20H,3-6,9-12H2,1-2H3,(H,29,31)(H,28,32,34). The van der Waals surface area contributed by atoms with Crippen LogP contribution in [-0.4, -0.2) is 55.9 Å². The van der Waals surface area contributed by atoms with Gasteiger partial charge in [-0.2, -0.15) is 0 Å². The second-order valence-electron chi connectivity index (χ2n) is 9.77. The molecule has 5 rings (SSSR count). The lowest BCUT2D eigenvalue weighted by Crippen LogP contribution is -2.42. The van der Waals surface area contributed by atoms with Gasteiger partial charge in [0.2, 0.25) is 5.91 Å². The molecule has 0 bridgehead atoms. The predicted octanol–water partition coefficient (Wildman–Crippen LogP) is 4.50. The van der Waals surface area contributed by atoms with E-state index in [-0.39, 0.29) is 11.8 Å². The molecule has 1 aliphatic heterocycles. The highest BCUT2D eigenvalue weighted by Crippen LogP contribution is 2.27. The molecular weight excluding hydrogens is 426 g/mol. The first-order valence-electron chi connectivity index (χ1n) is 12.5. The molecule has 0 aromatic carbocycles. The fourth-order valence-corrected chi connectivity index (χ4v) is 4.97. The third-order valence-electron chi connectivity index (χ3n) is 7.06.